The molecule has 0 atom stereocenters. The molecule has 0 N–H and O–H groups in total. The van der Waals surface area contributed by atoms with Gasteiger partial charge in [0.1, 0.15) is 11.2 Å². The van der Waals surface area contributed by atoms with Crippen LogP contribution in [0.3, 0.4) is 0 Å². The Balaban J connectivity index is 0.0000000942. The Morgan fingerprint density at radius 2 is 0.522 bits per heavy atom. The Morgan fingerprint density at radius 1 is 0.188 bits per heavy atom. The van der Waals surface area contributed by atoms with E-state index < -0.39 is 0 Å². The highest BCUT2D eigenvalue weighted by molar-refractivity contribution is 7.27. The zero-order chi connectivity index (χ0) is 94.3. The average Bonchev–Trinajstić information content (AvgIpc) is 1.55. The zero-order valence-electron chi connectivity index (χ0n) is 80.7. The maximum atomic E-state index is 6.11. The number of hydrogen-bond acceptors (Lipinski definition) is 4. The second-order valence-electron chi connectivity index (χ2n) is 42.2. The van der Waals surface area contributed by atoms with Crippen molar-refractivity contribution in [2.45, 2.75) is 131 Å². The molecule has 0 unspecified atom stereocenters. The first-order valence-electron chi connectivity index (χ1n) is 48.3. The van der Waals surface area contributed by atoms with Crippen molar-refractivity contribution < 1.29 is 4.42 Å². The Hall–Kier alpha value is -14.8. The summed E-state index contributed by atoms with van der Waals surface area (Å²) in [5.41, 5.74) is 24.1. The predicted molar refractivity (Wildman–Crippen MR) is 603 cm³/mol. The Kier molecular flexibility index (Phi) is 20.2. The summed E-state index contributed by atoms with van der Waals surface area (Å²) in [6, 6.07) is 139. The number of thiophene rings is 3. The van der Waals surface area contributed by atoms with Crippen LogP contribution < -0.4 is 0 Å². The highest BCUT2D eigenvalue weighted by atomic mass is 32.1. The van der Waals surface area contributed by atoms with Crippen molar-refractivity contribution in [3.8, 4) is 17.1 Å². The molecule has 10 aromatic heterocycles. The lowest BCUT2D eigenvalue weighted by Gasteiger charge is -2.24. The SMILES string of the molecule is CC(C)(C)c1ccc(-n2c3ccccc3c3ccc4c5ccccc5sc4c32)cc1.CC(C)(C)c1ccc2sc3c(ccc4c5ccccc5n(-c5ccccc5)c43)c2c1.CC(C)(C)n1c2ccccc2c2ccc3c(c4ccccc4n3-c3ccccc3)c21.CC(C)(C)n1c2ccccc2c2ccc3oc4ccccc4c3c21.CC(C)(C)n1c2ccccc2c2ccc3sc4ccccc4c3c21. The lowest BCUT2D eigenvalue weighted by molar-refractivity contribution is 0.423. The van der Waals surface area contributed by atoms with E-state index in [9.17, 15) is 0 Å². The number of para-hydroxylation sites is 9. The van der Waals surface area contributed by atoms with E-state index in [0.717, 1.165) is 11.2 Å². The van der Waals surface area contributed by atoms with Gasteiger partial charge < -0.3 is 31.8 Å². The number of rotatable bonds is 3. The number of furan rings is 1. The predicted octanol–water partition coefficient (Wildman–Crippen LogP) is 37.9. The van der Waals surface area contributed by atoms with Crippen LogP contribution in [0.5, 0.6) is 0 Å². The van der Waals surface area contributed by atoms with Gasteiger partial charge >= 0.3 is 0 Å². The summed E-state index contributed by atoms with van der Waals surface area (Å²) in [6.07, 6.45) is 0. The molecule has 0 amide bonds. The van der Waals surface area contributed by atoms with Gasteiger partial charge in [-0.25, -0.2) is 0 Å². The average molecular weight is 1840 g/mol. The van der Waals surface area contributed by atoms with Crippen LogP contribution in [0.4, 0.5) is 0 Å². The van der Waals surface area contributed by atoms with E-state index in [1.807, 2.05) is 46.1 Å². The first-order valence-corrected chi connectivity index (χ1v) is 50.7. The molecule has 0 aliphatic heterocycles. The number of benzene rings is 18. The number of nitrogens with zero attached hydrogens (tertiary/aromatic N) is 6. The van der Waals surface area contributed by atoms with E-state index in [1.54, 1.807) is 0 Å². The maximum Gasteiger partial charge on any atom is 0.137 e. The van der Waals surface area contributed by atoms with E-state index in [1.165, 1.54) is 230 Å². The topological polar surface area (TPSA) is 42.7 Å². The van der Waals surface area contributed by atoms with Crippen molar-refractivity contribution in [1.29, 1.82) is 0 Å². The van der Waals surface area contributed by atoms with Gasteiger partial charge in [-0.1, -0.05) is 296 Å². The van der Waals surface area contributed by atoms with Gasteiger partial charge in [0.2, 0.25) is 0 Å². The van der Waals surface area contributed by atoms with Crippen LogP contribution in [-0.4, -0.2) is 27.4 Å². The van der Waals surface area contributed by atoms with Crippen molar-refractivity contribution in [3.05, 3.63) is 393 Å². The molecule has 0 aliphatic rings. The Labute approximate surface area is 814 Å². The van der Waals surface area contributed by atoms with Crippen molar-refractivity contribution >= 4 is 247 Å². The lowest BCUT2D eigenvalue weighted by atomic mass is 9.86. The second-order valence-corrected chi connectivity index (χ2v) is 45.3. The fourth-order valence-corrected chi connectivity index (χ4v) is 25.8. The highest BCUT2D eigenvalue weighted by Gasteiger charge is 2.31. The molecule has 0 radical (unpaired) electrons. The van der Waals surface area contributed by atoms with Crippen molar-refractivity contribution in [2.24, 2.45) is 0 Å². The molecular weight excluding hydrogens is 1730 g/mol. The Bertz CT molecular complexity index is 9540. The van der Waals surface area contributed by atoms with E-state index in [2.05, 4.69) is 501 Å². The standard InChI is InChI=1S/C28H24N2.2C28H23NS.C22H19NO.C22H19NS/c1-28(2,3)30-24-16-10-7-13-20(24)21-17-18-25-26(27(21)30)22-14-8-9-15-23(22)29(25)19-11-5-4-6-12-19;1-28(2,3)18-12-14-19(15-13-18)29-24-10-6-4-8-20(24)22-16-17-23-21-9-5-7-11-25(21)30-27(23)26(22)29;1-28(2,3)18-13-16-25-23(17-18)22-15-14-21-20-11-7-8-12-24(20)29(26(21)27(22)30-25)19-9-5-4-6-10-19;2*1-22(2,3)23-17-10-6-4-8-14(17)15-12-13-19-20(21(15)23)16-9-5-7-11-18(16)24-19/h4-18H,1-3H3;2*4-17H,1-3H3;2*4-13H,1-3H3. The molecule has 28 rings (SSSR count). The number of aromatic nitrogens is 6. The van der Waals surface area contributed by atoms with Crippen molar-refractivity contribution in [3.63, 3.8) is 0 Å². The third-order valence-corrected chi connectivity index (χ3v) is 31.7. The fourth-order valence-electron chi connectivity index (χ4n) is 22.2. The van der Waals surface area contributed by atoms with Crippen LogP contribution in [0, 0.1) is 0 Å². The molecule has 0 fully saturated rings. The molecule has 0 aliphatic carbocycles. The summed E-state index contributed by atoms with van der Waals surface area (Å²) in [4.78, 5) is 0. The highest BCUT2D eigenvalue weighted by Crippen LogP contribution is 2.51. The van der Waals surface area contributed by atoms with Crippen molar-refractivity contribution in [1.82, 2.24) is 27.4 Å². The van der Waals surface area contributed by atoms with Crippen LogP contribution in [0.15, 0.2) is 387 Å². The normalized spacial score (nSPS) is 12.6. The fraction of sp³-hybridized carbons (Fsp3) is 0.156. The van der Waals surface area contributed by atoms with E-state index in [0.29, 0.717) is 0 Å². The van der Waals surface area contributed by atoms with Gasteiger partial charge in [0.05, 0.1) is 64.4 Å². The maximum absolute atomic E-state index is 6.11. The van der Waals surface area contributed by atoms with E-state index >= 15 is 0 Å². The second kappa shape index (κ2) is 32.5. The van der Waals surface area contributed by atoms with Gasteiger partial charge in [0.15, 0.2) is 0 Å². The van der Waals surface area contributed by atoms with E-state index in [4.69, 9.17) is 4.42 Å². The Morgan fingerprint density at radius 3 is 1.02 bits per heavy atom. The first kappa shape index (κ1) is 86.1. The molecule has 7 nitrogen and oxygen atoms in total. The summed E-state index contributed by atoms with van der Waals surface area (Å²) < 4.78 is 29.1. The third-order valence-electron chi connectivity index (χ3n) is 28.2. The molecular formula is C128H108N6OS3. The molecule has 10 heterocycles. The monoisotopic (exact) mass is 1840 g/mol. The van der Waals surface area contributed by atoms with Gasteiger partial charge in [0, 0.05) is 171 Å². The largest absolute Gasteiger partial charge is 0.456 e. The summed E-state index contributed by atoms with van der Waals surface area (Å²) >= 11 is 5.71. The molecule has 0 bridgehead atoms. The summed E-state index contributed by atoms with van der Waals surface area (Å²) in [5, 5.41) is 26.4. The van der Waals surface area contributed by atoms with Gasteiger partial charge in [0.25, 0.3) is 0 Å². The van der Waals surface area contributed by atoms with Crippen LogP contribution in [0.25, 0.3) is 230 Å². The number of fused-ring (bicyclic) bond motifs is 35. The molecule has 0 saturated heterocycles. The van der Waals surface area contributed by atoms with Crippen LogP contribution in [0.2, 0.25) is 0 Å². The number of hydrogen-bond donors (Lipinski definition) is 0. The van der Waals surface area contributed by atoms with Crippen LogP contribution in [-0.2, 0) is 27.4 Å². The minimum absolute atomic E-state index is 0.0198. The molecule has 138 heavy (non-hydrogen) atoms. The molecule has 0 spiro atoms. The summed E-state index contributed by atoms with van der Waals surface area (Å²) in [6.45, 7) is 34.2. The van der Waals surface area contributed by atoms with Gasteiger partial charge in [-0.05, 0) is 212 Å². The van der Waals surface area contributed by atoms with Gasteiger partial charge in [-0.2, -0.15) is 0 Å². The van der Waals surface area contributed by atoms with Crippen LogP contribution >= 0.6 is 34.0 Å². The quantitative estimate of drug-likeness (QED) is 0.174. The molecule has 18 aromatic carbocycles. The summed E-state index contributed by atoms with van der Waals surface area (Å²) in [7, 11) is 0. The molecule has 28 aromatic rings. The van der Waals surface area contributed by atoms with E-state index in [-0.39, 0.29) is 27.4 Å². The minimum atomic E-state index is -0.0361. The van der Waals surface area contributed by atoms with Gasteiger partial charge in [-0.15, -0.1) is 34.0 Å². The zero-order valence-corrected chi connectivity index (χ0v) is 83.1. The van der Waals surface area contributed by atoms with Gasteiger partial charge in [-0.3, -0.25) is 0 Å². The molecule has 0 saturated carbocycles. The smallest absolute Gasteiger partial charge is 0.137 e. The molecule has 674 valence electrons. The summed E-state index contributed by atoms with van der Waals surface area (Å²) in [5.74, 6) is 0. The van der Waals surface area contributed by atoms with Crippen molar-refractivity contribution in [2.75, 3.05) is 0 Å². The first-order chi connectivity index (χ1) is 66.7. The third kappa shape index (κ3) is 14.0. The van der Waals surface area contributed by atoms with Crippen LogP contribution in [0.1, 0.15) is 115 Å². The lowest BCUT2D eigenvalue weighted by Crippen LogP contribution is -2.21. The molecule has 10 heteroatoms. The minimum Gasteiger partial charge on any atom is -0.456 e.